The van der Waals surface area contributed by atoms with Gasteiger partial charge in [-0.15, -0.1) is 0 Å². The van der Waals surface area contributed by atoms with Crippen molar-refractivity contribution in [2.75, 3.05) is 16.8 Å². The Morgan fingerprint density at radius 3 is 2.58 bits per heavy atom. The van der Waals surface area contributed by atoms with Crippen molar-refractivity contribution in [3.63, 3.8) is 0 Å². The summed E-state index contributed by atoms with van der Waals surface area (Å²) in [4.78, 5) is 13.9. The lowest BCUT2D eigenvalue weighted by Gasteiger charge is -2.17. The van der Waals surface area contributed by atoms with Crippen molar-refractivity contribution in [1.29, 1.82) is 0 Å². The molecule has 1 amide bonds. The van der Waals surface area contributed by atoms with Crippen LogP contribution in [0.2, 0.25) is 0 Å². The highest BCUT2D eigenvalue weighted by atomic mass is 79.9. The zero-order chi connectivity index (χ0) is 13.2. The average molecular weight is 319 g/mol. The van der Waals surface area contributed by atoms with Gasteiger partial charge in [-0.05, 0) is 36.2 Å². The number of rotatable bonds is 3. The Morgan fingerprint density at radius 2 is 1.89 bits per heavy atom. The van der Waals surface area contributed by atoms with Crippen molar-refractivity contribution < 1.29 is 4.79 Å². The van der Waals surface area contributed by atoms with Crippen LogP contribution < -0.4 is 4.90 Å². The van der Waals surface area contributed by atoms with E-state index in [1.165, 1.54) is 0 Å². The number of aromatic nitrogens is 1. The van der Waals surface area contributed by atoms with Crippen LogP contribution in [0.1, 0.15) is 6.42 Å². The van der Waals surface area contributed by atoms with Crippen LogP contribution in [-0.4, -0.2) is 22.3 Å². The number of carbonyl (C=O) groups is 1. The van der Waals surface area contributed by atoms with Crippen LogP contribution in [0.15, 0.2) is 48.8 Å². The third kappa shape index (κ3) is 2.45. The van der Waals surface area contributed by atoms with E-state index in [-0.39, 0.29) is 5.91 Å². The quantitative estimate of drug-likeness (QED) is 0.798. The maximum absolute atomic E-state index is 12.0. The van der Waals surface area contributed by atoms with E-state index in [1.54, 1.807) is 0 Å². The number of amides is 1. The molecule has 19 heavy (non-hydrogen) atoms. The SMILES string of the molecule is O=C1CC(CBr)CN1c1cccc(-n2cccc2)c1. The third-order valence-electron chi connectivity index (χ3n) is 3.47. The number of alkyl halides is 1. The smallest absolute Gasteiger partial charge is 0.227 e. The second kappa shape index (κ2) is 5.21. The monoisotopic (exact) mass is 318 g/mol. The first kappa shape index (κ1) is 12.5. The van der Waals surface area contributed by atoms with E-state index in [1.807, 2.05) is 52.2 Å². The molecule has 0 saturated carbocycles. The number of halogens is 1. The molecule has 1 atom stereocenters. The van der Waals surface area contributed by atoms with Crippen LogP contribution in [0.3, 0.4) is 0 Å². The lowest BCUT2D eigenvalue weighted by atomic mass is 10.2. The summed E-state index contributed by atoms with van der Waals surface area (Å²) >= 11 is 3.47. The molecule has 0 N–H and O–H groups in total. The summed E-state index contributed by atoms with van der Waals surface area (Å²) in [5.41, 5.74) is 2.07. The van der Waals surface area contributed by atoms with Crippen LogP contribution in [0, 0.1) is 5.92 Å². The van der Waals surface area contributed by atoms with Gasteiger partial charge in [0, 0.05) is 42.1 Å². The molecule has 1 unspecified atom stereocenters. The van der Waals surface area contributed by atoms with Gasteiger partial charge in [-0.1, -0.05) is 22.0 Å². The molecule has 98 valence electrons. The molecule has 1 aliphatic heterocycles. The lowest BCUT2D eigenvalue weighted by Crippen LogP contribution is -2.24. The number of hydrogen-bond donors (Lipinski definition) is 0. The molecule has 0 bridgehead atoms. The summed E-state index contributed by atoms with van der Waals surface area (Å²) in [6.07, 6.45) is 4.65. The number of carbonyl (C=O) groups excluding carboxylic acids is 1. The molecule has 1 aromatic heterocycles. The van der Waals surface area contributed by atoms with Crippen molar-refractivity contribution in [2.24, 2.45) is 5.92 Å². The van der Waals surface area contributed by atoms with Gasteiger partial charge < -0.3 is 9.47 Å². The van der Waals surface area contributed by atoms with E-state index in [0.29, 0.717) is 12.3 Å². The van der Waals surface area contributed by atoms with E-state index < -0.39 is 0 Å². The Labute approximate surface area is 121 Å². The molecule has 2 aromatic rings. The topological polar surface area (TPSA) is 25.2 Å². The maximum atomic E-state index is 12.0. The van der Waals surface area contributed by atoms with Gasteiger partial charge in [0.25, 0.3) is 0 Å². The third-order valence-corrected chi connectivity index (χ3v) is 4.38. The van der Waals surface area contributed by atoms with Crippen molar-refractivity contribution in [3.05, 3.63) is 48.8 Å². The van der Waals surface area contributed by atoms with Gasteiger partial charge >= 0.3 is 0 Å². The van der Waals surface area contributed by atoms with Crippen molar-refractivity contribution in [1.82, 2.24) is 4.57 Å². The highest BCUT2D eigenvalue weighted by Gasteiger charge is 2.29. The molecule has 2 heterocycles. The fourth-order valence-corrected chi connectivity index (χ4v) is 2.90. The summed E-state index contributed by atoms with van der Waals surface area (Å²) in [5, 5.41) is 0.881. The summed E-state index contributed by atoms with van der Waals surface area (Å²) in [6.45, 7) is 0.805. The predicted molar refractivity (Wildman–Crippen MR) is 80.0 cm³/mol. The second-order valence-corrected chi connectivity index (χ2v) is 5.49. The highest BCUT2D eigenvalue weighted by Crippen LogP contribution is 2.27. The summed E-state index contributed by atoms with van der Waals surface area (Å²) in [5.74, 6) is 0.636. The highest BCUT2D eigenvalue weighted by molar-refractivity contribution is 9.09. The molecule has 0 aliphatic carbocycles. The minimum absolute atomic E-state index is 0.217. The Bertz CT molecular complexity index is 580. The van der Waals surface area contributed by atoms with Crippen LogP contribution in [0.5, 0.6) is 0 Å². The molecule has 1 aliphatic rings. The van der Waals surface area contributed by atoms with Gasteiger partial charge in [-0.2, -0.15) is 0 Å². The Kier molecular flexibility index (Phi) is 3.42. The van der Waals surface area contributed by atoms with Crippen LogP contribution in [0.4, 0.5) is 5.69 Å². The van der Waals surface area contributed by atoms with Crippen molar-refractivity contribution in [2.45, 2.75) is 6.42 Å². The van der Waals surface area contributed by atoms with Crippen LogP contribution in [-0.2, 0) is 4.79 Å². The molecule has 0 spiro atoms. The number of benzene rings is 1. The fourth-order valence-electron chi connectivity index (χ4n) is 2.46. The van der Waals surface area contributed by atoms with Crippen molar-refractivity contribution >= 4 is 27.5 Å². The molecule has 1 aromatic carbocycles. The average Bonchev–Trinajstić information content (AvgIpc) is 3.08. The standard InChI is InChI=1S/C15H15BrN2O/c16-10-12-8-15(19)18(11-12)14-5-3-4-13(9-14)17-6-1-2-7-17/h1-7,9,12H,8,10-11H2. The van der Waals surface area contributed by atoms with Gasteiger partial charge in [0.05, 0.1) is 0 Å². The Morgan fingerprint density at radius 1 is 1.16 bits per heavy atom. The molecule has 4 heteroatoms. The number of anilines is 1. The molecule has 3 nitrogen and oxygen atoms in total. The van der Waals surface area contributed by atoms with Gasteiger partial charge in [-0.3, -0.25) is 4.79 Å². The number of hydrogen-bond acceptors (Lipinski definition) is 1. The molecular weight excluding hydrogens is 304 g/mol. The number of nitrogens with zero attached hydrogens (tertiary/aromatic N) is 2. The van der Waals surface area contributed by atoms with E-state index >= 15 is 0 Å². The van der Waals surface area contributed by atoms with Gasteiger partial charge in [0.2, 0.25) is 5.91 Å². The minimum atomic E-state index is 0.217. The first-order valence-corrected chi connectivity index (χ1v) is 7.50. The zero-order valence-electron chi connectivity index (χ0n) is 10.5. The van der Waals surface area contributed by atoms with Crippen molar-refractivity contribution in [3.8, 4) is 5.69 Å². The van der Waals surface area contributed by atoms with E-state index in [4.69, 9.17) is 0 Å². The molecule has 1 fully saturated rings. The lowest BCUT2D eigenvalue weighted by molar-refractivity contribution is -0.117. The van der Waals surface area contributed by atoms with Gasteiger partial charge in [-0.25, -0.2) is 0 Å². The first-order valence-electron chi connectivity index (χ1n) is 6.37. The second-order valence-electron chi connectivity index (χ2n) is 4.84. The Balaban J connectivity index is 1.90. The molecule has 1 saturated heterocycles. The van der Waals surface area contributed by atoms with E-state index in [0.717, 1.165) is 23.2 Å². The molecule has 3 rings (SSSR count). The predicted octanol–water partition coefficient (Wildman–Crippen LogP) is 3.23. The van der Waals surface area contributed by atoms with Gasteiger partial charge in [0.1, 0.15) is 0 Å². The van der Waals surface area contributed by atoms with Crippen LogP contribution in [0.25, 0.3) is 5.69 Å². The van der Waals surface area contributed by atoms with Crippen LogP contribution >= 0.6 is 15.9 Å². The van der Waals surface area contributed by atoms with Gasteiger partial charge in [0.15, 0.2) is 0 Å². The molecular formula is C15H15BrN2O. The van der Waals surface area contributed by atoms with E-state index in [9.17, 15) is 4.79 Å². The first-order chi connectivity index (χ1) is 9.28. The van der Waals surface area contributed by atoms with E-state index in [2.05, 4.69) is 22.0 Å². The summed E-state index contributed by atoms with van der Waals surface area (Å²) in [6, 6.07) is 12.1. The molecule has 0 radical (unpaired) electrons. The normalized spacial score (nSPS) is 19.1. The minimum Gasteiger partial charge on any atom is -0.324 e. The Hall–Kier alpha value is -1.55. The zero-order valence-corrected chi connectivity index (χ0v) is 12.1. The largest absolute Gasteiger partial charge is 0.324 e. The summed E-state index contributed by atoms with van der Waals surface area (Å²) < 4.78 is 2.05. The maximum Gasteiger partial charge on any atom is 0.227 e. The summed E-state index contributed by atoms with van der Waals surface area (Å²) in [7, 11) is 0. The fraction of sp³-hybridized carbons (Fsp3) is 0.267.